The molecule has 4 rings (SSSR count). The zero-order valence-corrected chi connectivity index (χ0v) is 17.0. The number of hydrogen-bond acceptors (Lipinski definition) is 3. The van der Waals surface area contributed by atoms with Crippen molar-refractivity contribution in [2.24, 2.45) is 0 Å². The molecule has 30 heavy (non-hydrogen) atoms. The van der Waals surface area contributed by atoms with Gasteiger partial charge in [-0.15, -0.1) is 0 Å². The summed E-state index contributed by atoms with van der Waals surface area (Å²) in [5.41, 5.74) is 3.87. The van der Waals surface area contributed by atoms with Crippen molar-refractivity contribution in [3.63, 3.8) is 0 Å². The Labute approximate surface area is 176 Å². The van der Waals surface area contributed by atoms with E-state index in [9.17, 15) is 4.79 Å². The average molecular weight is 399 g/mol. The molecule has 152 valence electrons. The van der Waals surface area contributed by atoms with Crippen molar-refractivity contribution >= 4 is 16.9 Å². The summed E-state index contributed by atoms with van der Waals surface area (Å²) in [6.45, 7) is 3.66. The number of hydrogen-bond donors (Lipinski definition) is 1. The number of nitrogens with zero attached hydrogens (tertiary/aromatic N) is 2. The Bertz CT molecular complexity index is 1120. The highest BCUT2D eigenvalue weighted by atomic mass is 16.5. The van der Waals surface area contributed by atoms with Crippen molar-refractivity contribution in [2.75, 3.05) is 6.61 Å². The van der Waals surface area contributed by atoms with Crippen molar-refractivity contribution in [1.29, 1.82) is 0 Å². The smallest absolute Gasteiger partial charge is 0.251 e. The molecule has 0 saturated heterocycles. The maximum atomic E-state index is 12.4. The van der Waals surface area contributed by atoms with E-state index in [1.807, 2.05) is 54.6 Å². The van der Waals surface area contributed by atoms with Crippen LogP contribution in [0.1, 0.15) is 28.7 Å². The molecular weight excluding hydrogens is 374 g/mol. The molecule has 0 fully saturated rings. The quantitative estimate of drug-likeness (QED) is 0.471. The molecule has 1 aromatic heterocycles. The maximum Gasteiger partial charge on any atom is 0.251 e. The number of fused-ring (bicyclic) bond motifs is 1. The number of amides is 1. The number of aromatic nitrogens is 2. The van der Waals surface area contributed by atoms with Gasteiger partial charge in [0, 0.05) is 5.56 Å². The van der Waals surface area contributed by atoms with Gasteiger partial charge in [0.15, 0.2) is 0 Å². The Hall–Kier alpha value is -3.60. The number of ether oxygens (including phenoxy) is 1. The van der Waals surface area contributed by atoms with Crippen molar-refractivity contribution in [3.8, 4) is 5.75 Å². The van der Waals surface area contributed by atoms with Crippen LogP contribution in [0.3, 0.4) is 0 Å². The summed E-state index contributed by atoms with van der Waals surface area (Å²) >= 11 is 0. The van der Waals surface area contributed by atoms with Crippen LogP contribution in [0.25, 0.3) is 11.0 Å². The third kappa shape index (κ3) is 4.51. The normalized spacial score (nSPS) is 10.8. The molecule has 0 spiro atoms. The molecule has 1 heterocycles. The molecule has 0 aliphatic rings. The fourth-order valence-electron chi connectivity index (χ4n) is 3.44. The molecule has 0 unspecified atom stereocenters. The van der Waals surface area contributed by atoms with E-state index in [0.717, 1.165) is 29.0 Å². The Morgan fingerprint density at radius 1 is 0.967 bits per heavy atom. The highest BCUT2D eigenvalue weighted by molar-refractivity contribution is 5.94. The van der Waals surface area contributed by atoms with Gasteiger partial charge in [0.1, 0.15) is 18.2 Å². The fourth-order valence-corrected chi connectivity index (χ4v) is 3.44. The van der Waals surface area contributed by atoms with Gasteiger partial charge in [-0.25, -0.2) is 4.98 Å². The third-order valence-corrected chi connectivity index (χ3v) is 5.09. The topological polar surface area (TPSA) is 56.1 Å². The van der Waals surface area contributed by atoms with Gasteiger partial charge in [-0.2, -0.15) is 0 Å². The van der Waals surface area contributed by atoms with E-state index in [1.165, 1.54) is 5.56 Å². The monoisotopic (exact) mass is 399 g/mol. The summed E-state index contributed by atoms with van der Waals surface area (Å²) in [6, 6.07) is 25.4. The molecule has 0 aliphatic heterocycles. The lowest BCUT2D eigenvalue weighted by Gasteiger charge is -2.12. The molecule has 5 heteroatoms. The molecule has 0 bridgehead atoms. The number of nitrogens with one attached hydrogen (secondary N) is 1. The van der Waals surface area contributed by atoms with Crippen LogP contribution in [-0.2, 0) is 19.5 Å². The van der Waals surface area contributed by atoms with E-state index >= 15 is 0 Å². The minimum atomic E-state index is -0.110. The number of benzene rings is 3. The molecule has 0 saturated carbocycles. The number of aryl methyl sites for hydroxylation is 1. The van der Waals surface area contributed by atoms with Crippen molar-refractivity contribution in [3.05, 3.63) is 95.8 Å². The fraction of sp³-hybridized carbons (Fsp3) is 0.200. The number of imidazole rings is 1. The Morgan fingerprint density at radius 2 is 1.70 bits per heavy atom. The van der Waals surface area contributed by atoms with Crippen molar-refractivity contribution in [2.45, 2.75) is 26.4 Å². The number of carbonyl (C=O) groups is 1. The van der Waals surface area contributed by atoms with Gasteiger partial charge in [-0.1, -0.05) is 49.4 Å². The number of para-hydroxylation sites is 2. The Kier molecular flexibility index (Phi) is 6.09. The molecule has 4 aromatic rings. The molecule has 5 nitrogen and oxygen atoms in total. The third-order valence-electron chi connectivity index (χ3n) is 5.09. The van der Waals surface area contributed by atoms with E-state index in [1.54, 1.807) is 12.1 Å². The average Bonchev–Trinajstić information content (AvgIpc) is 3.16. The number of carbonyl (C=O) groups excluding carboxylic acids is 1. The zero-order chi connectivity index (χ0) is 20.8. The SMILES string of the molecule is CCc1ccc(OCCn2c(CNC(=O)c3ccccc3)nc3ccccc32)cc1. The highest BCUT2D eigenvalue weighted by Crippen LogP contribution is 2.17. The lowest BCUT2D eigenvalue weighted by atomic mass is 10.2. The summed E-state index contributed by atoms with van der Waals surface area (Å²) in [4.78, 5) is 17.1. The van der Waals surface area contributed by atoms with Crippen LogP contribution in [0.15, 0.2) is 78.9 Å². The lowest BCUT2D eigenvalue weighted by Crippen LogP contribution is -2.25. The Morgan fingerprint density at radius 3 is 2.47 bits per heavy atom. The van der Waals surface area contributed by atoms with Gasteiger partial charge in [-0.05, 0) is 48.4 Å². The second-order valence-corrected chi connectivity index (χ2v) is 7.06. The summed E-state index contributed by atoms with van der Waals surface area (Å²) in [6.07, 6.45) is 1.01. The largest absolute Gasteiger partial charge is 0.492 e. The highest BCUT2D eigenvalue weighted by Gasteiger charge is 2.12. The standard InChI is InChI=1S/C25H25N3O2/c1-2-19-12-14-21(15-13-19)30-17-16-28-23-11-7-6-10-22(23)27-24(28)18-26-25(29)20-8-4-3-5-9-20/h3-15H,2,16-18H2,1H3,(H,26,29). The van der Waals surface area contributed by atoms with E-state index in [4.69, 9.17) is 9.72 Å². The summed E-state index contributed by atoms with van der Waals surface area (Å²) in [7, 11) is 0. The van der Waals surface area contributed by atoms with Crippen LogP contribution in [0.5, 0.6) is 5.75 Å². The van der Waals surface area contributed by atoms with E-state index < -0.39 is 0 Å². The maximum absolute atomic E-state index is 12.4. The molecule has 1 N–H and O–H groups in total. The van der Waals surface area contributed by atoms with Gasteiger partial charge < -0.3 is 14.6 Å². The minimum absolute atomic E-state index is 0.110. The summed E-state index contributed by atoms with van der Waals surface area (Å²) in [5.74, 6) is 1.56. The second kappa shape index (κ2) is 9.27. The van der Waals surface area contributed by atoms with Crippen LogP contribution >= 0.6 is 0 Å². The molecule has 1 amide bonds. The van der Waals surface area contributed by atoms with Crippen LogP contribution in [-0.4, -0.2) is 22.1 Å². The first-order chi connectivity index (χ1) is 14.7. The van der Waals surface area contributed by atoms with Crippen molar-refractivity contribution < 1.29 is 9.53 Å². The Balaban J connectivity index is 1.46. The molecule has 0 aliphatic carbocycles. The number of rotatable bonds is 8. The van der Waals surface area contributed by atoms with Gasteiger partial charge in [0.05, 0.1) is 24.1 Å². The van der Waals surface area contributed by atoms with Crippen LogP contribution < -0.4 is 10.1 Å². The van der Waals surface area contributed by atoms with Crippen LogP contribution in [0.2, 0.25) is 0 Å². The summed E-state index contributed by atoms with van der Waals surface area (Å²) in [5, 5.41) is 2.97. The zero-order valence-electron chi connectivity index (χ0n) is 17.0. The summed E-state index contributed by atoms with van der Waals surface area (Å²) < 4.78 is 8.05. The minimum Gasteiger partial charge on any atom is -0.492 e. The van der Waals surface area contributed by atoms with Gasteiger partial charge in [-0.3, -0.25) is 4.79 Å². The van der Waals surface area contributed by atoms with E-state index in [2.05, 4.69) is 28.9 Å². The van der Waals surface area contributed by atoms with Gasteiger partial charge in [0.2, 0.25) is 0 Å². The first kappa shape index (κ1) is 19.7. The predicted molar refractivity (Wildman–Crippen MR) is 119 cm³/mol. The lowest BCUT2D eigenvalue weighted by molar-refractivity contribution is 0.0949. The first-order valence-electron chi connectivity index (χ1n) is 10.2. The molecule has 3 aromatic carbocycles. The predicted octanol–water partition coefficient (Wildman–Crippen LogP) is 4.61. The van der Waals surface area contributed by atoms with Crippen molar-refractivity contribution in [1.82, 2.24) is 14.9 Å². The van der Waals surface area contributed by atoms with Gasteiger partial charge >= 0.3 is 0 Å². The van der Waals surface area contributed by atoms with Crippen LogP contribution in [0, 0.1) is 0 Å². The molecular formula is C25H25N3O2. The molecule has 0 radical (unpaired) electrons. The first-order valence-corrected chi connectivity index (χ1v) is 10.2. The van der Waals surface area contributed by atoms with E-state index in [0.29, 0.717) is 25.3 Å². The van der Waals surface area contributed by atoms with E-state index in [-0.39, 0.29) is 5.91 Å². The van der Waals surface area contributed by atoms with Crippen LogP contribution in [0.4, 0.5) is 0 Å². The molecule has 0 atom stereocenters. The van der Waals surface area contributed by atoms with Gasteiger partial charge in [0.25, 0.3) is 5.91 Å². The second-order valence-electron chi connectivity index (χ2n) is 7.06.